The van der Waals surface area contributed by atoms with Gasteiger partial charge in [0.15, 0.2) is 0 Å². The number of hydrogen-bond donors (Lipinski definition) is 3. The van der Waals surface area contributed by atoms with E-state index in [0.717, 1.165) is 31.4 Å². The molecule has 0 unspecified atom stereocenters. The number of rotatable bonds is 7. The van der Waals surface area contributed by atoms with Crippen molar-refractivity contribution < 1.29 is 35.9 Å². The van der Waals surface area contributed by atoms with Gasteiger partial charge in [0.05, 0.1) is 33.8 Å². The van der Waals surface area contributed by atoms with E-state index in [1.165, 1.54) is 0 Å². The maximum absolute atomic E-state index is 14.0. The highest BCUT2D eigenvalue weighted by molar-refractivity contribution is 5.86. The van der Waals surface area contributed by atoms with Crippen molar-refractivity contribution in [2.75, 3.05) is 58.1 Å². The highest BCUT2D eigenvalue weighted by Gasteiger charge is 2.42. The molecule has 2 amide bonds. The minimum Gasteiger partial charge on any atom is -0.398 e. The van der Waals surface area contributed by atoms with Crippen molar-refractivity contribution in [3.05, 3.63) is 63.6 Å². The molecule has 50 heavy (non-hydrogen) atoms. The molecule has 1 aromatic heterocycles. The van der Waals surface area contributed by atoms with Crippen LogP contribution in [0, 0.1) is 5.92 Å². The van der Waals surface area contributed by atoms with Gasteiger partial charge < -0.3 is 25.8 Å². The molecule has 2 aromatic carbocycles. The number of para-hydroxylation sites is 2. The summed E-state index contributed by atoms with van der Waals surface area (Å²) >= 11 is 0. The second-order valence-corrected chi connectivity index (χ2v) is 13.5. The number of alkyl halides is 6. The number of H-pyrrole nitrogens is 1. The van der Waals surface area contributed by atoms with Gasteiger partial charge in [0, 0.05) is 57.8 Å². The molecule has 0 radical (unpaired) electrons. The summed E-state index contributed by atoms with van der Waals surface area (Å²) in [7, 11) is 0. The first-order valence-electron chi connectivity index (χ1n) is 17.0. The zero-order chi connectivity index (χ0) is 35.8. The Hall–Kier alpha value is -4.05. The Morgan fingerprint density at radius 2 is 1.42 bits per heavy atom. The monoisotopic (exact) mass is 709 g/mol. The number of carbonyl (C=O) groups is 2. The number of hydrogen-bond acceptors (Lipinski definition) is 6. The second-order valence-electron chi connectivity index (χ2n) is 13.5. The number of nitrogens with two attached hydrogens (primary N) is 1. The van der Waals surface area contributed by atoms with Crippen LogP contribution in [0.4, 0.5) is 32.0 Å². The zero-order valence-electron chi connectivity index (χ0n) is 27.5. The third-order valence-corrected chi connectivity index (χ3v) is 10.4. The number of carbonyl (C=O) groups excluding carboxylic acids is 2. The number of halogens is 6. The average molecular weight is 710 g/mol. The van der Waals surface area contributed by atoms with Gasteiger partial charge >= 0.3 is 18.0 Å². The first kappa shape index (κ1) is 35.8. The molecule has 3 aliphatic heterocycles. The number of aromatic amines is 1. The highest BCUT2D eigenvalue weighted by Crippen LogP contribution is 2.42. The van der Waals surface area contributed by atoms with Gasteiger partial charge in [-0.2, -0.15) is 26.3 Å². The number of amides is 2. The Kier molecular flexibility index (Phi) is 10.2. The van der Waals surface area contributed by atoms with Crippen LogP contribution in [0.15, 0.2) is 41.2 Å². The number of nitrogens with one attached hydrogen (secondary N) is 2. The molecule has 6 rings (SSSR count). The minimum absolute atomic E-state index is 0.187. The molecule has 3 fully saturated rings. The van der Waals surface area contributed by atoms with Gasteiger partial charge in [0.1, 0.15) is 0 Å². The fraction of sp³-hybridized carbons (Fsp3) is 0.559. The quantitative estimate of drug-likeness (QED) is 0.249. The van der Waals surface area contributed by atoms with Crippen LogP contribution in [-0.2, 0) is 28.4 Å². The molecule has 16 heteroatoms. The van der Waals surface area contributed by atoms with E-state index in [4.69, 9.17) is 5.73 Å². The van der Waals surface area contributed by atoms with Gasteiger partial charge in [-0.15, -0.1) is 0 Å². The van der Waals surface area contributed by atoms with E-state index in [-0.39, 0.29) is 30.4 Å². The van der Waals surface area contributed by atoms with Crippen LogP contribution in [-0.4, -0.2) is 94.5 Å². The summed E-state index contributed by atoms with van der Waals surface area (Å²) < 4.78 is 84.8. The molecular formula is C34H41F6N7O3. The van der Waals surface area contributed by atoms with Crippen molar-refractivity contribution in [1.82, 2.24) is 29.6 Å². The van der Waals surface area contributed by atoms with E-state index in [9.17, 15) is 40.7 Å². The number of nitrogens with zero attached hydrogens (tertiary/aromatic N) is 4. The van der Waals surface area contributed by atoms with E-state index in [1.807, 2.05) is 18.2 Å². The van der Waals surface area contributed by atoms with Crippen LogP contribution < -0.4 is 16.7 Å². The summed E-state index contributed by atoms with van der Waals surface area (Å²) in [5.74, 6) is -2.11. The van der Waals surface area contributed by atoms with Crippen molar-refractivity contribution in [3.63, 3.8) is 0 Å². The van der Waals surface area contributed by atoms with E-state index in [0.29, 0.717) is 62.7 Å². The van der Waals surface area contributed by atoms with Crippen molar-refractivity contribution in [2.45, 2.75) is 63.0 Å². The SMILES string of the molecule is Nc1c(C(F)(F)F)cc(C[C@@H](CC(=O)N2CCC(n3c(=O)[nH]c4ccccc43)CC2)C(=O)N2CCN(C3CCNCC3)CC2)cc1C(F)(F)F. The molecule has 1 atom stereocenters. The van der Waals surface area contributed by atoms with Crippen molar-refractivity contribution in [2.24, 2.45) is 5.92 Å². The van der Waals surface area contributed by atoms with E-state index in [1.54, 1.807) is 20.4 Å². The normalized spacial score (nSPS) is 19.6. The molecule has 0 saturated carbocycles. The third kappa shape index (κ3) is 7.65. The van der Waals surface area contributed by atoms with E-state index >= 15 is 0 Å². The van der Waals surface area contributed by atoms with E-state index < -0.39 is 59.7 Å². The van der Waals surface area contributed by atoms with Gasteiger partial charge in [0.2, 0.25) is 11.8 Å². The van der Waals surface area contributed by atoms with Crippen LogP contribution in [0.5, 0.6) is 0 Å². The molecule has 3 saturated heterocycles. The van der Waals surface area contributed by atoms with Crippen LogP contribution in [0.2, 0.25) is 0 Å². The summed E-state index contributed by atoms with van der Waals surface area (Å²) in [5.41, 5.74) is 1.46. The van der Waals surface area contributed by atoms with Crippen LogP contribution in [0.1, 0.15) is 54.8 Å². The van der Waals surface area contributed by atoms with Gasteiger partial charge in [-0.1, -0.05) is 12.1 Å². The summed E-state index contributed by atoms with van der Waals surface area (Å²) in [4.78, 5) is 48.7. The molecule has 0 aliphatic carbocycles. The molecule has 10 nitrogen and oxygen atoms in total. The maximum atomic E-state index is 14.0. The van der Waals surface area contributed by atoms with Gasteiger partial charge in [-0.3, -0.25) is 19.1 Å². The summed E-state index contributed by atoms with van der Waals surface area (Å²) in [6, 6.07) is 8.55. The Labute approximate surface area is 284 Å². The first-order chi connectivity index (χ1) is 23.7. The average Bonchev–Trinajstić information content (AvgIpc) is 3.43. The number of benzene rings is 2. The highest BCUT2D eigenvalue weighted by atomic mass is 19.4. The lowest BCUT2D eigenvalue weighted by Crippen LogP contribution is -2.55. The number of nitrogen functional groups attached to an aromatic ring is 1. The smallest absolute Gasteiger partial charge is 0.398 e. The number of piperidine rings is 2. The lowest BCUT2D eigenvalue weighted by atomic mass is 9.90. The minimum atomic E-state index is -5.17. The molecule has 4 heterocycles. The fourth-order valence-electron chi connectivity index (χ4n) is 7.72. The van der Waals surface area contributed by atoms with E-state index in [2.05, 4.69) is 15.2 Å². The second kappa shape index (κ2) is 14.3. The number of aromatic nitrogens is 2. The molecule has 3 aromatic rings. The molecular weight excluding hydrogens is 668 g/mol. The Bertz CT molecular complexity index is 1710. The van der Waals surface area contributed by atoms with Gasteiger partial charge in [-0.05, 0) is 75.0 Å². The number of fused-ring (bicyclic) bond motifs is 1. The summed E-state index contributed by atoms with van der Waals surface area (Å²) in [6.07, 6.45) is -8.40. The van der Waals surface area contributed by atoms with Crippen molar-refractivity contribution >= 4 is 28.5 Å². The predicted octanol–water partition coefficient (Wildman–Crippen LogP) is 4.26. The third-order valence-electron chi connectivity index (χ3n) is 10.4. The van der Waals surface area contributed by atoms with Crippen LogP contribution in [0.3, 0.4) is 0 Å². The van der Waals surface area contributed by atoms with Crippen molar-refractivity contribution in [1.29, 1.82) is 0 Å². The predicted molar refractivity (Wildman–Crippen MR) is 174 cm³/mol. The first-order valence-corrected chi connectivity index (χ1v) is 17.0. The number of likely N-dealkylation sites (tertiary alicyclic amines) is 1. The Morgan fingerprint density at radius 1 is 0.820 bits per heavy atom. The van der Waals surface area contributed by atoms with Gasteiger partial charge in [0.25, 0.3) is 0 Å². The largest absolute Gasteiger partial charge is 0.418 e. The Morgan fingerprint density at radius 3 is 2.02 bits per heavy atom. The number of piperazine rings is 1. The number of imidazole rings is 1. The molecule has 4 N–H and O–H groups in total. The van der Waals surface area contributed by atoms with Crippen LogP contribution in [0.25, 0.3) is 11.0 Å². The lowest BCUT2D eigenvalue weighted by molar-refractivity contribution is -0.143. The van der Waals surface area contributed by atoms with Crippen LogP contribution >= 0.6 is 0 Å². The molecule has 272 valence electrons. The number of anilines is 1. The lowest BCUT2D eigenvalue weighted by Gasteiger charge is -2.41. The molecule has 0 spiro atoms. The maximum Gasteiger partial charge on any atom is 0.418 e. The van der Waals surface area contributed by atoms with Gasteiger partial charge in [-0.25, -0.2) is 4.79 Å². The summed E-state index contributed by atoms with van der Waals surface area (Å²) in [6.45, 7) is 4.15. The molecule has 0 bridgehead atoms. The topological polar surface area (TPSA) is 120 Å². The Balaban J connectivity index is 1.21. The molecule has 3 aliphatic rings. The summed E-state index contributed by atoms with van der Waals surface area (Å²) in [5, 5.41) is 3.32. The van der Waals surface area contributed by atoms with Crippen molar-refractivity contribution in [3.8, 4) is 0 Å². The zero-order valence-corrected chi connectivity index (χ0v) is 27.5. The standard InChI is InChI=1S/C34H41F6N7O3/c35-33(36,37)25-18-21(19-26(30(25)41)34(38,39)40)17-22(31(49)46-15-13-44(14-16-46)23-5-9-42-10-6-23)20-29(48)45-11-7-24(8-12-45)47-28-4-2-1-3-27(28)43-32(47)50/h1-4,18-19,22-24,42H,5-17,20,41H2,(H,43,50)/t22-/m0/s1. The fourth-order valence-corrected chi connectivity index (χ4v) is 7.72.